The molecule has 0 heterocycles. The molecule has 16 heavy (non-hydrogen) atoms. The van der Waals surface area contributed by atoms with Crippen LogP contribution in [-0.4, -0.2) is 23.8 Å². The number of aliphatic hydroxyl groups excluding tert-OH is 1. The summed E-state index contributed by atoms with van der Waals surface area (Å²) in [5, 5.41) is 13.4. The van der Waals surface area contributed by atoms with Gasteiger partial charge in [0.25, 0.3) is 0 Å². The van der Waals surface area contributed by atoms with Crippen molar-refractivity contribution >= 4 is 0 Å². The van der Waals surface area contributed by atoms with E-state index in [2.05, 4.69) is 39.9 Å². The molecule has 2 N–H and O–H groups in total. The van der Waals surface area contributed by atoms with Crippen LogP contribution in [0.25, 0.3) is 0 Å². The Labute approximate surface area is 101 Å². The maximum Gasteiger partial charge on any atom is 0.0667 e. The first-order valence-electron chi connectivity index (χ1n) is 6.71. The highest BCUT2D eigenvalue weighted by molar-refractivity contribution is 4.91. The van der Waals surface area contributed by atoms with E-state index in [-0.39, 0.29) is 6.10 Å². The fourth-order valence-corrected chi connectivity index (χ4v) is 3.08. The van der Waals surface area contributed by atoms with E-state index in [1.165, 1.54) is 12.8 Å². The lowest BCUT2D eigenvalue weighted by atomic mass is 9.91. The standard InChI is InChI=1S/C14H29NO/c1-10(2)6-12(16)9-15-13-8-14(4,5)7-11(13)3/h10-13,15-16H,6-9H2,1-5H3. The van der Waals surface area contributed by atoms with Crippen molar-refractivity contribution in [2.24, 2.45) is 17.3 Å². The number of nitrogens with one attached hydrogen (secondary N) is 1. The van der Waals surface area contributed by atoms with E-state index in [0.717, 1.165) is 18.9 Å². The maximum absolute atomic E-state index is 9.83. The first kappa shape index (κ1) is 14.0. The van der Waals surface area contributed by atoms with Crippen LogP contribution in [0.3, 0.4) is 0 Å². The summed E-state index contributed by atoms with van der Waals surface area (Å²) < 4.78 is 0. The summed E-state index contributed by atoms with van der Waals surface area (Å²) in [7, 11) is 0. The zero-order valence-corrected chi connectivity index (χ0v) is 11.6. The van der Waals surface area contributed by atoms with E-state index in [9.17, 15) is 5.11 Å². The van der Waals surface area contributed by atoms with E-state index < -0.39 is 0 Å². The van der Waals surface area contributed by atoms with Crippen molar-refractivity contribution in [3.63, 3.8) is 0 Å². The topological polar surface area (TPSA) is 32.3 Å². The Bertz CT molecular complexity index is 213. The van der Waals surface area contributed by atoms with E-state index in [0.29, 0.717) is 17.4 Å². The third-order valence-corrected chi connectivity index (χ3v) is 3.69. The molecule has 1 fully saturated rings. The van der Waals surface area contributed by atoms with Gasteiger partial charge < -0.3 is 10.4 Å². The van der Waals surface area contributed by atoms with Crippen LogP contribution in [0.1, 0.15) is 53.9 Å². The summed E-state index contributed by atoms with van der Waals surface area (Å²) in [6, 6.07) is 0.594. The van der Waals surface area contributed by atoms with Crippen LogP contribution in [0.2, 0.25) is 0 Å². The third-order valence-electron chi connectivity index (χ3n) is 3.69. The molecule has 0 amide bonds. The van der Waals surface area contributed by atoms with Crippen molar-refractivity contribution in [1.82, 2.24) is 5.32 Å². The molecule has 1 aliphatic rings. The van der Waals surface area contributed by atoms with Crippen LogP contribution in [0, 0.1) is 17.3 Å². The second-order valence-electron chi connectivity index (χ2n) is 6.85. The van der Waals surface area contributed by atoms with Gasteiger partial charge in [-0.1, -0.05) is 34.6 Å². The molecule has 0 aromatic heterocycles. The van der Waals surface area contributed by atoms with E-state index in [1.807, 2.05) is 0 Å². The van der Waals surface area contributed by atoms with Crippen molar-refractivity contribution in [3.05, 3.63) is 0 Å². The van der Waals surface area contributed by atoms with Crippen LogP contribution < -0.4 is 5.32 Å². The SMILES string of the molecule is CC(C)CC(O)CNC1CC(C)(C)CC1C. The lowest BCUT2D eigenvalue weighted by Crippen LogP contribution is -2.37. The number of rotatable bonds is 5. The van der Waals surface area contributed by atoms with Gasteiger partial charge in [0.1, 0.15) is 0 Å². The second kappa shape index (κ2) is 5.50. The van der Waals surface area contributed by atoms with Crippen molar-refractivity contribution in [1.29, 1.82) is 0 Å². The molecule has 2 heteroatoms. The van der Waals surface area contributed by atoms with Gasteiger partial charge in [-0.05, 0) is 36.5 Å². The van der Waals surface area contributed by atoms with Crippen molar-refractivity contribution in [3.8, 4) is 0 Å². The smallest absolute Gasteiger partial charge is 0.0667 e. The molecule has 0 saturated heterocycles. The summed E-state index contributed by atoms with van der Waals surface area (Å²) in [4.78, 5) is 0. The Morgan fingerprint density at radius 2 is 1.94 bits per heavy atom. The summed E-state index contributed by atoms with van der Waals surface area (Å²) in [5.41, 5.74) is 0.472. The Balaban J connectivity index is 2.28. The highest BCUT2D eigenvalue weighted by Gasteiger charge is 2.36. The average Bonchev–Trinajstić information content (AvgIpc) is 2.34. The van der Waals surface area contributed by atoms with Gasteiger partial charge in [-0.25, -0.2) is 0 Å². The zero-order chi connectivity index (χ0) is 12.3. The number of aliphatic hydroxyl groups is 1. The molecule has 3 unspecified atom stereocenters. The molecule has 2 nitrogen and oxygen atoms in total. The molecule has 3 atom stereocenters. The summed E-state index contributed by atoms with van der Waals surface area (Å²) >= 11 is 0. The van der Waals surface area contributed by atoms with Gasteiger partial charge >= 0.3 is 0 Å². The molecule has 0 aliphatic heterocycles. The fraction of sp³-hybridized carbons (Fsp3) is 1.00. The minimum absolute atomic E-state index is 0.184. The molecule has 1 aliphatic carbocycles. The van der Waals surface area contributed by atoms with Gasteiger partial charge in [0.05, 0.1) is 6.10 Å². The number of hydrogen-bond acceptors (Lipinski definition) is 2. The normalized spacial score (nSPS) is 30.9. The molecule has 0 aromatic carbocycles. The molecule has 0 bridgehead atoms. The Kier molecular flexibility index (Phi) is 4.81. The van der Waals surface area contributed by atoms with Crippen LogP contribution >= 0.6 is 0 Å². The molecule has 0 aromatic rings. The molecule has 1 saturated carbocycles. The van der Waals surface area contributed by atoms with E-state index >= 15 is 0 Å². The quantitative estimate of drug-likeness (QED) is 0.757. The van der Waals surface area contributed by atoms with Crippen molar-refractivity contribution < 1.29 is 5.11 Å². The zero-order valence-electron chi connectivity index (χ0n) is 11.6. The highest BCUT2D eigenvalue weighted by atomic mass is 16.3. The van der Waals surface area contributed by atoms with Crippen molar-refractivity contribution in [2.45, 2.75) is 66.0 Å². The molecule has 96 valence electrons. The lowest BCUT2D eigenvalue weighted by molar-refractivity contribution is 0.140. The third kappa shape index (κ3) is 4.42. The molecular weight excluding hydrogens is 198 g/mol. The van der Waals surface area contributed by atoms with Gasteiger partial charge in [-0.3, -0.25) is 0 Å². The first-order chi connectivity index (χ1) is 7.30. The van der Waals surface area contributed by atoms with Crippen molar-refractivity contribution in [2.75, 3.05) is 6.54 Å². The minimum atomic E-state index is -0.184. The largest absolute Gasteiger partial charge is 0.392 e. The molecule has 0 radical (unpaired) electrons. The van der Waals surface area contributed by atoms with Gasteiger partial charge in [-0.2, -0.15) is 0 Å². The highest BCUT2D eigenvalue weighted by Crippen LogP contribution is 2.40. The number of hydrogen-bond donors (Lipinski definition) is 2. The molecular formula is C14H29NO. The van der Waals surface area contributed by atoms with Crippen LogP contribution in [-0.2, 0) is 0 Å². The van der Waals surface area contributed by atoms with Crippen LogP contribution in [0.5, 0.6) is 0 Å². The van der Waals surface area contributed by atoms with Gasteiger partial charge in [0, 0.05) is 12.6 Å². The van der Waals surface area contributed by atoms with Crippen LogP contribution in [0.15, 0.2) is 0 Å². The maximum atomic E-state index is 9.83. The summed E-state index contributed by atoms with van der Waals surface area (Å²) in [6.45, 7) is 12.1. The minimum Gasteiger partial charge on any atom is -0.392 e. The Hall–Kier alpha value is -0.0800. The monoisotopic (exact) mass is 227 g/mol. The Morgan fingerprint density at radius 1 is 1.31 bits per heavy atom. The van der Waals surface area contributed by atoms with Gasteiger partial charge in [0.2, 0.25) is 0 Å². The summed E-state index contributed by atoms with van der Waals surface area (Å²) in [6.07, 6.45) is 3.25. The Morgan fingerprint density at radius 3 is 2.38 bits per heavy atom. The predicted octanol–water partition coefficient (Wildman–Crippen LogP) is 2.81. The fourth-order valence-electron chi connectivity index (χ4n) is 3.08. The first-order valence-corrected chi connectivity index (χ1v) is 6.71. The molecule has 1 rings (SSSR count). The van der Waals surface area contributed by atoms with Gasteiger partial charge in [-0.15, -0.1) is 0 Å². The van der Waals surface area contributed by atoms with Gasteiger partial charge in [0.15, 0.2) is 0 Å². The predicted molar refractivity (Wildman–Crippen MR) is 69.4 cm³/mol. The lowest BCUT2D eigenvalue weighted by Gasteiger charge is -2.21. The van der Waals surface area contributed by atoms with E-state index in [1.54, 1.807) is 0 Å². The van der Waals surface area contributed by atoms with Crippen LogP contribution in [0.4, 0.5) is 0 Å². The molecule has 0 spiro atoms. The summed E-state index contributed by atoms with van der Waals surface area (Å²) in [5.74, 6) is 1.32. The van der Waals surface area contributed by atoms with E-state index in [4.69, 9.17) is 0 Å². The second-order valence-corrected chi connectivity index (χ2v) is 6.85. The average molecular weight is 227 g/mol.